The number of ether oxygens (including phenoxy) is 1. The predicted octanol–water partition coefficient (Wildman–Crippen LogP) is 3.26. The van der Waals surface area contributed by atoms with Crippen LogP contribution in [-0.2, 0) is 9.53 Å². The molecule has 2 aliphatic rings. The van der Waals surface area contributed by atoms with Gasteiger partial charge in [0.25, 0.3) is 0 Å². The molecule has 12 heteroatoms. The maximum Gasteiger partial charge on any atom is 0.225 e. The number of primary amides is 1. The van der Waals surface area contributed by atoms with Crippen LogP contribution in [0.5, 0.6) is 0 Å². The minimum atomic E-state index is -0.627. The average molecular weight is 506 g/mol. The molecular formula is C22H25Cl2N7O3. The topological polar surface area (TPSA) is 140 Å². The number of aliphatic hydroxyl groups excluding tert-OH is 1. The van der Waals surface area contributed by atoms with Gasteiger partial charge in [-0.1, -0.05) is 23.2 Å². The Labute approximate surface area is 205 Å². The van der Waals surface area contributed by atoms with Crippen LogP contribution in [0.15, 0.2) is 24.4 Å². The Bertz CT molecular complexity index is 1210. The van der Waals surface area contributed by atoms with Crippen LogP contribution >= 0.6 is 23.2 Å². The largest absolute Gasteiger partial charge is 0.388 e. The highest BCUT2D eigenvalue weighted by Crippen LogP contribution is 2.38. The summed E-state index contributed by atoms with van der Waals surface area (Å²) in [6.45, 7) is 0.650. The van der Waals surface area contributed by atoms with Crippen LogP contribution in [0.4, 0.5) is 17.6 Å². The molecule has 1 saturated heterocycles. The smallest absolute Gasteiger partial charge is 0.225 e. The van der Waals surface area contributed by atoms with E-state index in [1.165, 1.54) is 0 Å². The van der Waals surface area contributed by atoms with Gasteiger partial charge in [-0.15, -0.1) is 0 Å². The minimum absolute atomic E-state index is 0.0531. The van der Waals surface area contributed by atoms with Crippen molar-refractivity contribution in [1.29, 1.82) is 0 Å². The van der Waals surface area contributed by atoms with Gasteiger partial charge >= 0.3 is 0 Å². The van der Waals surface area contributed by atoms with E-state index in [4.69, 9.17) is 43.6 Å². The molecule has 180 valence electrons. The molecule has 2 atom stereocenters. The number of imidazole rings is 1. The number of anilines is 3. The second-order valence-electron chi connectivity index (χ2n) is 8.72. The Morgan fingerprint density at radius 2 is 1.97 bits per heavy atom. The number of nitrogens with zero attached hydrogens (tertiary/aromatic N) is 4. The molecule has 5 rings (SSSR count). The van der Waals surface area contributed by atoms with Gasteiger partial charge in [-0.2, -0.15) is 4.98 Å². The number of aliphatic hydroxyl groups is 1. The van der Waals surface area contributed by atoms with Crippen LogP contribution in [0.3, 0.4) is 0 Å². The van der Waals surface area contributed by atoms with E-state index in [2.05, 4.69) is 15.6 Å². The molecule has 1 aromatic carbocycles. The summed E-state index contributed by atoms with van der Waals surface area (Å²) in [6.07, 6.45) is 3.92. The third-order valence-electron chi connectivity index (χ3n) is 6.44. The van der Waals surface area contributed by atoms with Crippen LogP contribution in [0.1, 0.15) is 31.7 Å². The Hall–Kier alpha value is -2.66. The first-order chi connectivity index (χ1) is 16.4. The summed E-state index contributed by atoms with van der Waals surface area (Å²) in [7, 11) is 0. The van der Waals surface area contributed by atoms with Crippen molar-refractivity contribution in [3.63, 3.8) is 0 Å². The summed E-state index contributed by atoms with van der Waals surface area (Å²) in [5, 5.41) is 17.5. The van der Waals surface area contributed by atoms with Gasteiger partial charge in [0.05, 0.1) is 42.3 Å². The molecule has 1 saturated carbocycles. The van der Waals surface area contributed by atoms with E-state index in [-0.39, 0.29) is 30.5 Å². The van der Waals surface area contributed by atoms with Gasteiger partial charge < -0.3 is 26.2 Å². The molecular weight excluding hydrogens is 481 g/mol. The number of benzene rings is 1. The van der Waals surface area contributed by atoms with Crippen molar-refractivity contribution in [2.75, 3.05) is 23.8 Å². The fraction of sp³-hybridized carbons (Fsp3) is 0.455. The molecule has 2 unspecified atom stereocenters. The predicted molar refractivity (Wildman–Crippen MR) is 129 cm³/mol. The van der Waals surface area contributed by atoms with Crippen molar-refractivity contribution in [2.45, 2.75) is 43.9 Å². The number of fused-ring (bicyclic) bond motifs is 1. The van der Waals surface area contributed by atoms with Crippen LogP contribution in [0.25, 0.3) is 11.2 Å². The first-order valence-electron chi connectivity index (χ1n) is 11.2. The molecule has 0 radical (unpaired) electrons. The van der Waals surface area contributed by atoms with Crippen LogP contribution in [0.2, 0.25) is 10.0 Å². The quantitative estimate of drug-likeness (QED) is 0.400. The Morgan fingerprint density at radius 3 is 2.65 bits per heavy atom. The van der Waals surface area contributed by atoms with Crippen LogP contribution < -0.4 is 16.4 Å². The molecule has 2 fully saturated rings. The Morgan fingerprint density at radius 1 is 1.18 bits per heavy atom. The van der Waals surface area contributed by atoms with Gasteiger partial charge in [-0.3, -0.25) is 9.36 Å². The van der Waals surface area contributed by atoms with Gasteiger partial charge in [0, 0.05) is 17.0 Å². The number of carbonyl (C=O) groups is 1. The maximum absolute atomic E-state index is 11.7. The molecule has 2 aromatic heterocycles. The third-order valence-corrected chi connectivity index (χ3v) is 6.99. The number of carbonyl (C=O) groups excluding carboxylic acids is 1. The Balaban J connectivity index is 1.51. The monoisotopic (exact) mass is 505 g/mol. The summed E-state index contributed by atoms with van der Waals surface area (Å²) in [5.41, 5.74) is 7.44. The van der Waals surface area contributed by atoms with Crippen molar-refractivity contribution in [1.82, 2.24) is 19.5 Å². The zero-order chi connectivity index (χ0) is 23.8. The van der Waals surface area contributed by atoms with E-state index < -0.39 is 6.10 Å². The fourth-order valence-corrected chi connectivity index (χ4v) is 5.03. The normalized spacial score (nSPS) is 24.9. The number of hydrogen-bond donors (Lipinski definition) is 4. The lowest BCUT2D eigenvalue weighted by atomic mass is 9.85. The molecule has 1 aliphatic heterocycles. The molecule has 5 N–H and O–H groups in total. The highest BCUT2D eigenvalue weighted by molar-refractivity contribution is 6.36. The lowest BCUT2D eigenvalue weighted by Crippen LogP contribution is -2.32. The van der Waals surface area contributed by atoms with Gasteiger partial charge in [0.1, 0.15) is 5.52 Å². The van der Waals surface area contributed by atoms with Gasteiger partial charge in [0.2, 0.25) is 17.8 Å². The minimum Gasteiger partial charge on any atom is -0.388 e. The molecule has 10 nitrogen and oxygen atoms in total. The molecule has 0 spiro atoms. The van der Waals surface area contributed by atoms with Crippen molar-refractivity contribution in [2.24, 2.45) is 11.7 Å². The average Bonchev–Trinajstić information content (AvgIpc) is 3.38. The highest BCUT2D eigenvalue weighted by atomic mass is 35.5. The second-order valence-corrected chi connectivity index (χ2v) is 9.56. The molecule has 1 amide bonds. The second kappa shape index (κ2) is 9.53. The number of rotatable bonds is 6. The van der Waals surface area contributed by atoms with Crippen LogP contribution in [0, 0.1) is 5.92 Å². The third kappa shape index (κ3) is 4.63. The summed E-state index contributed by atoms with van der Waals surface area (Å²) in [6, 6.07) is 4.96. The number of nitrogens with one attached hydrogen (secondary N) is 2. The number of hydrogen-bond acceptors (Lipinski definition) is 8. The fourth-order valence-electron chi connectivity index (χ4n) is 4.57. The number of nitrogens with two attached hydrogens (primary N) is 1. The van der Waals surface area contributed by atoms with E-state index >= 15 is 0 Å². The summed E-state index contributed by atoms with van der Waals surface area (Å²) >= 11 is 12.4. The van der Waals surface area contributed by atoms with E-state index in [1.54, 1.807) is 24.4 Å². The first kappa shape index (κ1) is 23.1. The number of halogens is 2. The van der Waals surface area contributed by atoms with Crippen molar-refractivity contribution < 1.29 is 14.6 Å². The molecule has 3 heterocycles. The van der Waals surface area contributed by atoms with Crippen molar-refractivity contribution in [3.05, 3.63) is 34.4 Å². The molecule has 3 aromatic rings. The highest BCUT2D eigenvalue weighted by Gasteiger charge is 2.30. The van der Waals surface area contributed by atoms with Crippen LogP contribution in [-0.4, -0.2) is 55.9 Å². The molecule has 34 heavy (non-hydrogen) atoms. The van der Waals surface area contributed by atoms with E-state index in [0.717, 1.165) is 12.8 Å². The Kier molecular flexibility index (Phi) is 6.48. The zero-order valence-electron chi connectivity index (χ0n) is 18.2. The summed E-state index contributed by atoms with van der Waals surface area (Å²) in [4.78, 5) is 25.5. The standard InChI is InChI=1S/C22H25Cl2N7O3/c23-12-3-6-15(14(24)7-12)28-22-29-16-8-26-21(27-17-9-34-10-18(17)32)30-20(16)31(22)13-4-1-11(2-5-13)19(25)33/h3,6-8,11,13,17-18,32H,1-2,4-5,9-10H2,(H2,25,33)(H,28,29)(H,26,27,30)/t11-,13+,17?,18?. The number of amides is 1. The zero-order valence-corrected chi connectivity index (χ0v) is 19.8. The molecule has 0 bridgehead atoms. The van der Waals surface area contributed by atoms with Gasteiger partial charge in [0.15, 0.2) is 5.65 Å². The first-order valence-corrected chi connectivity index (χ1v) is 11.9. The maximum atomic E-state index is 11.7. The van der Waals surface area contributed by atoms with E-state index in [0.29, 0.717) is 58.2 Å². The van der Waals surface area contributed by atoms with E-state index in [9.17, 15) is 9.90 Å². The van der Waals surface area contributed by atoms with E-state index in [1.807, 2.05) is 4.57 Å². The molecule has 1 aliphatic carbocycles. The lowest BCUT2D eigenvalue weighted by molar-refractivity contribution is -0.122. The van der Waals surface area contributed by atoms with Gasteiger partial charge in [-0.25, -0.2) is 9.97 Å². The SMILES string of the molecule is NC(=O)[C@H]1CC[C@@H](n2c(Nc3ccc(Cl)cc3Cl)nc3cnc(NC4COCC4O)nc32)CC1. The van der Waals surface area contributed by atoms with Crippen molar-refractivity contribution >= 4 is 57.9 Å². The summed E-state index contributed by atoms with van der Waals surface area (Å²) < 4.78 is 7.35. The van der Waals surface area contributed by atoms with Gasteiger partial charge in [-0.05, 0) is 43.9 Å². The number of aromatic nitrogens is 4. The van der Waals surface area contributed by atoms with Crippen molar-refractivity contribution in [3.8, 4) is 0 Å². The lowest BCUT2D eigenvalue weighted by Gasteiger charge is -2.29. The summed E-state index contributed by atoms with van der Waals surface area (Å²) in [5.74, 6) is 0.567.